The number of hydrogen-bond acceptors (Lipinski definition) is 0. The van der Waals surface area contributed by atoms with Crippen LogP contribution in [0.25, 0.3) is 0 Å². The molecule has 0 radical (unpaired) electrons. The van der Waals surface area contributed by atoms with E-state index in [9.17, 15) is 0 Å². The van der Waals surface area contributed by atoms with Gasteiger partial charge in [0.25, 0.3) is 0 Å². The van der Waals surface area contributed by atoms with Gasteiger partial charge in [-0.1, -0.05) is 71.1 Å². The van der Waals surface area contributed by atoms with E-state index in [4.69, 9.17) is 0 Å². The zero-order valence-electron chi connectivity index (χ0n) is 12.8. The third-order valence-corrected chi connectivity index (χ3v) is 3.78. The molecular formula is C18H30. The van der Waals surface area contributed by atoms with E-state index in [1.165, 1.54) is 31.3 Å². The fraction of sp³-hybridized carbons (Fsp3) is 0.556. The van der Waals surface area contributed by atoms with Crippen LogP contribution >= 0.6 is 0 Å². The fourth-order valence-electron chi connectivity index (χ4n) is 2.32. The van der Waals surface area contributed by atoms with Crippen molar-refractivity contribution in [2.24, 2.45) is 11.8 Å². The van der Waals surface area contributed by atoms with Gasteiger partial charge in [-0.05, 0) is 36.8 Å². The van der Waals surface area contributed by atoms with Crippen molar-refractivity contribution < 1.29 is 0 Å². The molecule has 0 aromatic carbocycles. The van der Waals surface area contributed by atoms with Crippen molar-refractivity contribution in [1.29, 1.82) is 0 Å². The van der Waals surface area contributed by atoms with E-state index in [1.807, 2.05) is 6.92 Å². The second-order valence-electron chi connectivity index (χ2n) is 5.35. The molecule has 0 aromatic heterocycles. The van der Waals surface area contributed by atoms with Gasteiger partial charge in [-0.15, -0.1) is 0 Å². The molecule has 1 unspecified atom stereocenters. The van der Waals surface area contributed by atoms with Gasteiger partial charge >= 0.3 is 0 Å². The minimum atomic E-state index is 0.303. The molecule has 0 aliphatic heterocycles. The van der Waals surface area contributed by atoms with Gasteiger partial charge in [0.1, 0.15) is 0 Å². The van der Waals surface area contributed by atoms with Gasteiger partial charge < -0.3 is 0 Å². The molecule has 18 heavy (non-hydrogen) atoms. The Morgan fingerprint density at radius 2 is 1.39 bits per heavy atom. The molecule has 0 N–H and O–H groups in total. The van der Waals surface area contributed by atoms with E-state index < -0.39 is 0 Å². The van der Waals surface area contributed by atoms with Crippen LogP contribution in [0.4, 0.5) is 0 Å². The predicted octanol–water partition coefficient (Wildman–Crippen LogP) is 6.08. The second kappa shape index (κ2) is 8.13. The van der Waals surface area contributed by atoms with E-state index in [0.717, 1.165) is 16.7 Å². The Balaban J connectivity index is 4.79. The first-order valence-corrected chi connectivity index (χ1v) is 7.09. The molecule has 0 amide bonds. The van der Waals surface area contributed by atoms with Crippen LogP contribution in [-0.2, 0) is 0 Å². The van der Waals surface area contributed by atoms with Crippen molar-refractivity contribution in [2.45, 2.75) is 53.4 Å². The van der Waals surface area contributed by atoms with Crippen LogP contribution in [-0.4, -0.2) is 0 Å². The standard InChI is InChI=1S/C18H30/c1-9-11-18(12-10-2)17(8)16(7)15(6)14(5)13(3)4/h16,18H,3,5-6,8-12H2,1-2,4,7H3. The SMILES string of the molecule is C=C(C)C(=C)C(=C)C(C)C(=C)C(CCC)CCC. The lowest BCUT2D eigenvalue weighted by Crippen LogP contribution is -2.13. The molecule has 0 spiro atoms. The highest BCUT2D eigenvalue weighted by molar-refractivity contribution is 5.44. The lowest BCUT2D eigenvalue weighted by atomic mass is 9.79. The highest BCUT2D eigenvalue weighted by Crippen LogP contribution is 2.33. The van der Waals surface area contributed by atoms with Gasteiger partial charge in [-0.3, -0.25) is 0 Å². The van der Waals surface area contributed by atoms with Crippen LogP contribution < -0.4 is 0 Å². The summed E-state index contributed by atoms with van der Waals surface area (Å²) in [6, 6.07) is 0. The Morgan fingerprint density at radius 3 is 1.72 bits per heavy atom. The summed E-state index contributed by atoms with van der Waals surface area (Å²) in [6.45, 7) is 25.2. The summed E-state index contributed by atoms with van der Waals surface area (Å²) in [7, 11) is 0. The third kappa shape index (κ3) is 4.68. The van der Waals surface area contributed by atoms with Gasteiger partial charge in [0.2, 0.25) is 0 Å². The largest absolute Gasteiger partial charge is 0.0990 e. The maximum atomic E-state index is 4.32. The highest BCUT2D eigenvalue weighted by Gasteiger charge is 2.20. The maximum Gasteiger partial charge on any atom is 0.00198 e. The van der Waals surface area contributed by atoms with Crippen LogP contribution in [0.5, 0.6) is 0 Å². The predicted molar refractivity (Wildman–Crippen MR) is 84.7 cm³/mol. The lowest BCUT2D eigenvalue weighted by molar-refractivity contribution is 0.472. The van der Waals surface area contributed by atoms with Crippen molar-refractivity contribution >= 4 is 0 Å². The maximum absolute atomic E-state index is 4.32. The molecule has 0 aromatic rings. The molecule has 0 saturated heterocycles. The molecule has 0 aliphatic carbocycles. The van der Waals surface area contributed by atoms with Crippen LogP contribution in [0, 0.1) is 11.8 Å². The van der Waals surface area contributed by atoms with Crippen molar-refractivity contribution in [3.63, 3.8) is 0 Å². The van der Waals surface area contributed by atoms with E-state index in [-0.39, 0.29) is 0 Å². The lowest BCUT2D eigenvalue weighted by Gasteiger charge is -2.26. The third-order valence-electron chi connectivity index (χ3n) is 3.78. The Morgan fingerprint density at radius 1 is 0.944 bits per heavy atom. The summed E-state index contributed by atoms with van der Waals surface area (Å²) >= 11 is 0. The molecule has 0 heteroatoms. The summed E-state index contributed by atoms with van der Waals surface area (Å²) in [5.41, 5.74) is 4.37. The Hall–Kier alpha value is -1.04. The summed E-state index contributed by atoms with van der Waals surface area (Å²) in [5.74, 6) is 0.918. The molecule has 1 atom stereocenters. The van der Waals surface area contributed by atoms with Crippen LogP contribution in [0.3, 0.4) is 0 Å². The molecule has 0 saturated carbocycles. The molecule has 0 fully saturated rings. The molecule has 0 nitrogen and oxygen atoms in total. The summed E-state index contributed by atoms with van der Waals surface area (Å²) < 4.78 is 0. The molecule has 102 valence electrons. The molecular weight excluding hydrogens is 216 g/mol. The topological polar surface area (TPSA) is 0 Å². The number of rotatable bonds is 9. The van der Waals surface area contributed by atoms with Crippen molar-refractivity contribution in [2.75, 3.05) is 0 Å². The first-order chi connectivity index (χ1) is 8.36. The molecule has 0 aliphatic rings. The quantitative estimate of drug-likeness (QED) is 0.341. The summed E-state index contributed by atoms with van der Waals surface area (Å²) in [6.07, 6.45) is 4.88. The van der Waals surface area contributed by atoms with Crippen molar-refractivity contribution in [3.05, 3.63) is 48.6 Å². The Labute approximate surface area is 114 Å². The summed E-state index contributed by atoms with van der Waals surface area (Å²) in [5, 5.41) is 0. The normalized spacial score (nSPS) is 12.3. The zero-order valence-corrected chi connectivity index (χ0v) is 12.8. The van der Waals surface area contributed by atoms with Gasteiger partial charge in [-0.25, -0.2) is 0 Å². The summed E-state index contributed by atoms with van der Waals surface area (Å²) in [4.78, 5) is 0. The number of allylic oxidation sites excluding steroid dienone is 4. The van der Waals surface area contributed by atoms with E-state index in [2.05, 4.69) is 47.1 Å². The molecule has 0 rings (SSSR count). The first-order valence-electron chi connectivity index (χ1n) is 7.09. The molecule has 0 heterocycles. The van der Waals surface area contributed by atoms with E-state index >= 15 is 0 Å². The van der Waals surface area contributed by atoms with Gasteiger partial charge in [0.05, 0.1) is 0 Å². The minimum Gasteiger partial charge on any atom is -0.0990 e. The zero-order chi connectivity index (χ0) is 14.3. The average molecular weight is 246 g/mol. The highest BCUT2D eigenvalue weighted by atomic mass is 14.2. The first kappa shape index (κ1) is 17.0. The Bertz CT molecular complexity index is 324. The van der Waals surface area contributed by atoms with Crippen LogP contribution in [0.2, 0.25) is 0 Å². The van der Waals surface area contributed by atoms with Crippen molar-refractivity contribution in [1.82, 2.24) is 0 Å². The monoisotopic (exact) mass is 246 g/mol. The Kier molecular flexibility index (Phi) is 7.66. The van der Waals surface area contributed by atoms with Crippen LogP contribution in [0.1, 0.15) is 53.4 Å². The number of hydrogen-bond donors (Lipinski definition) is 0. The second-order valence-corrected chi connectivity index (χ2v) is 5.35. The minimum absolute atomic E-state index is 0.303. The average Bonchev–Trinajstić information content (AvgIpc) is 2.34. The smallest absolute Gasteiger partial charge is 0.00198 e. The molecule has 0 bridgehead atoms. The van der Waals surface area contributed by atoms with Crippen molar-refractivity contribution in [3.8, 4) is 0 Å². The van der Waals surface area contributed by atoms with Gasteiger partial charge in [0.15, 0.2) is 0 Å². The van der Waals surface area contributed by atoms with Crippen LogP contribution in [0.15, 0.2) is 48.6 Å². The fourth-order valence-corrected chi connectivity index (χ4v) is 2.32. The van der Waals surface area contributed by atoms with E-state index in [1.54, 1.807) is 0 Å². The van der Waals surface area contributed by atoms with Gasteiger partial charge in [0, 0.05) is 5.92 Å². The van der Waals surface area contributed by atoms with Gasteiger partial charge in [-0.2, -0.15) is 0 Å². The van der Waals surface area contributed by atoms with E-state index in [0.29, 0.717) is 11.8 Å².